The lowest BCUT2D eigenvalue weighted by molar-refractivity contribution is 0.0601. The Hall–Kier alpha value is -2.15. The van der Waals surface area contributed by atoms with Gasteiger partial charge < -0.3 is 10.1 Å². The highest BCUT2D eigenvalue weighted by atomic mass is 32.1. The average molecular weight is 347 g/mol. The third-order valence-electron chi connectivity index (χ3n) is 4.24. The second-order valence-electron chi connectivity index (χ2n) is 5.77. The van der Waals surface area contributed by atoms with E-state index in [4.69, 9.17) is 4.74 Å². The van der Waals surface area contributed by atoms with Gasteiger partial charge in [0.2, 0.25) is 0 Å². The lowest BCUT2D eigenvalue weighted by Crippen LogP contribution is -2.15. The standard InChI is InChI=1S/C17H21N3O3S/c1-3-20-10-9-12(19-20)15(21)18-16-14(17(22)23-2)11-7-5-4-6-8-13(11)24-16/h9-10H,3-8H2,1-2H3,(H,18,21). The lowest BCUT2D eigenvalue weighted by Gasteiger charge is -2.06. The number of hydrogen-bond donors (Lipinski definition) is 1. The number of carbonyl (C=O) groups excluding carboxylic acids is 2. The van der Waals surface area contributed by atoms with Gasteiger partial charge in [0.25, 0.3) is 5.91 Å². The van der Waals surface area contributed by atoms with Crippen LogP contribution in [0.4, 0.5) is 5.00 Å². The zero-order chi connectivity index (χ0) is 17.1. The van der Waals surface area contributed by atoms with E-state index in [1.807, 2.05) is 6.92 Å². The molecule has 2 aromatic heterocycles. The molecule has 1 aliphatic rings. The minimum absolute atomic E-state index is 0.302. The Labute approximate surface area is 144 Å². The van der Waals surface area contributed by atoms with Gasteiger partial charge in [-0.1, -0.05) is 6.42 Å². The van der Waals surface area contributed by atoms with Gasteiger partial charge in [0.05, 0.1) is 12.7 Å². The number of rotatable bonds is 4. The smallest absolute Gasteiger partial charge is 0.341 e. The third kappa shape index (κ3) is 3.21. The SMILES string of the molecule is CCn1ccc(C(=O)Nc2sc3c(c2C(=O)OC)CCCCC3)n1. The molecule has 0 aromatic carbocycles. The normalized spacial score (nSPS) is 13.9. The summed E-state index contributed by atoms with van der Waals surface area (Å²) in [5, 5.41) is 7.64. The number of nitrogens with one attached hydrogen (secondary N) is 1. The molecule has 0 fully saturated rings. The minimum Gasteiger partial charge on any atom is -0.465 e. The van der Waals surface area contributed by atoms with Crippen molar-refractivity contribution in [2.24, 2.45) is 0 Å². The second-order valence-corrected chi connectivity index (χ2v) is 6.88. The van der Waals surface area contributed by atoms with Crippen molar-refractivity contribution in [2.45, 2.75) is 45.6 Å². The fraction of sp³-hybridized carbons (Fsp3) is 0.471. The molecule has 1 aliphatic carbocycles. The van der Waals surface area contributed by atoms with E-state index >= 15 is 0 Å². The monoisotopic (exact) mass is 347 g/mol. The van der Waals surface area contributed by atoms with Crippen LogP contribution < -0.4 is 5.32 Å². The van der Waals surface area contributed by atoms with Crippen LogP contribution in [-0.4, -0.2) is 28.8 Å². The van der Waals surface area contributed by atoms with Crippen LogP contribution in [0.3, 0.4) is 0 Å². The first-order valence-corrected chi connectivity index (χ1v) is 9.03. The first kappa shape index (κ1) is 16.7. The van der Waals surface area contributed by atoms with Crippen LogP contribution in [0.5, 0.6) is 0 Å². The lowest BCUT2D eigenvalue weighted by atomic mass is 10.1. The fourth-order valence-electron chi connectivity index (χ4n) is 2.97. The summed E-state index contributed by atoms with van der Waals surface area (Å²) in [7, 11) is 1.37. The molecule has 1 amide bonds. The van der Waals surface area contributed by atoms with Gasteiger partial charge in [0, 0.05) is 17.6 Å². The van der Waals surface area contributed by atoms with E-state index in [-0.39, 0.29) is 11.9 Å². The van der Waals surface area contributed by atoms with Crippen molar-refractivity contribution >= 4 is 28.2 Å². The van der Waals surface area contributed by atoms with Crippen molar-refractivity contribution < 1.29 is 14.3 Å². The summed E-state index contributed by atoms with van der Waals surface area (Å²) in [4.78, 5) is 25.9. The predicted octanol–water partition coefficient (Wildman–Crippen LogP) is 3.27. The number of esters is 1. The first-order chi connectivity index (χ1) is 11.6. The van der Waals surface area contributed by atoms with Gasteiger partial charge in [-0.05, 0) is 44.2 Å². The van der Waals surface area contributed by atoms with E-state index in [0.717, 1.165) is 37.7 Å². The number of anilines is 1. The number of thiophene rings is 1. The molecular weight excluding hydrogens is 326 g/mol. The highest BCUT2D eigenvalue weighted by molar-refractivity contribution is 7.17. The van der Waals surface area contributed by atoms with Gasteiger partial charge in [0.15, 0.2) is 5.69 Å². The highest BCUT2D eigenvalue weighted by Crippen LogP contribution is 2.38. The van der Waals surface area contributed by atoms with E-state index in [2.05, 4.69) is 10.4 Å². The average Bonchev–Trinajstić information content (AvgIpc) is 3.13. The summed E-state index contributed by atoms with van der Waals surface area (Å²) >= 11 is 1.49. The quantitative estimate of drug-likeness (QED) is 0.680. The maximum absolute atomic E-state index is 12.5. The number of hydrogen-bond acceptors (Lipinski definition) is 5. The van der Waals surface area contributed by atoms with Gasteiger partial charge in [-0.15, -0.1) is 11.3 Å². The number of aryl methyl sites for hydroxylation is 2. The summed E-state index contributed by atoms with van der Waals surface area (Å²) in [5.74, 6) is -0.687. The molecule has 0 saturated heterocycles. The van der Waals surface area contributed by atoms with Crippen LogP contribution >= 0.6 is 11.3 Å². The van der Waals surface area contributed by atoms with E-state index in [9.17, 15) is 9.59 Å². The van der Waals surface area contributed by atoms with Crippen LogP contribution in [0.25, 0.3) is 0 Å². The van der Waals surface area contributed by atoms with Crippen molar-refractivity contribution in [1.29, 1.82) is 0 Å². The molecule has 0 saturated carbocycles. The number of ether oxygens (including phenoxy) is 1. The molecule has 3 rings (SSSR count). The Bertz CT molecular complexity index is 763. The third-order valence-corrected chi connectivity index (χ3v) is 5.44. The number of aromatic nitrogens is 2. The number of amides is 1. The molecule has 0 unspecified atom stereocenters. The molecule has 24 heavy (non-hydrogen) atoms. The molecule has 0 spiro atoms. The van der Waals surface area contributed by atoms with Crippen LogP contribution in [0.15, 0.2) is 12.3 Å². The van der Waals surface area contributed by atoms with Crippen molar-refractivity contribution in [3.63, 3.8) is 0 Å². The molecule has 128 valence electrons. The molecule has 1 N–H and O–H groups in total. The molecule has 2 heterocycles. The Morgan fingerprint density at radius 3 is 2.83 bits per heavy atom. The van der Waals surface area contributed by atoms with Crippen LogP contribution in [0.1, 0.15) is 57.5 Å². The van der Waals surface area contributed by atoms with Gasteiger partial charge in [0.1, 0.15) is 5.00 Å². The van der Waals surface area contributed by atoms with Gasteiger partial charge in [-0.3, -0.25) is 9.48 Å². The molecule has 2 aromatic rings. The molecule has 0 radical (unpaired) electrons. The number of methoxy groups -OCH3 is 1. The van der Waals surface area contributed by atoms with E-state index in [1.54, 1.807) is 16.9 Å². The number of nitrogens with zero attached hydrogens (tertiary/aromatic N) is 2. The van der Waals surface area contributed by atoms with Crippen molar-refractivity contribution in [2.75, 3.05) is 12.4 Å². The van der Waals surface area contributed by atoms with Gasteiger partial charge >= 0.3 is 5.97 Å². The minimum atomic E-state index is -0.385. The van der Waals surface area contributed by atoms with Crippen molar-refractivity contribution in [3.8, 4) is 0 Å². The van der Waals surface area contributed by atoms with Crippen molar-refractivity contribution in [3.05, 3.63) is 34.0 Å². The summed E-state index contributed by atoms with van der Waals surface area (Å²) in [6.07, 6.45) is 6.91. The largest absolute Gasteiger partial charge is 0.465 e. The van der Waals surface area contributed by atoms with E-state index < -0.39 is 0 Å². The highest BCUT2D eigenvalue weighted by Gasteiger charge is 2.26. The topological polar surface area (TPSA) is 73.2 Å². The fourth-order valence-corrected chi connectivity index (χ4v) is 4.25. The Morgan fingerprint density at radius 2 is 2.12 bits per heavy atom. The Morgan fingerprint density at radius 1 is 1.33 bits per heavy atom. The van der Waals surface area contributed by atoms with Crippen molar-refractivity contribution in [1.82, 2.24) is 9.78 Å². The van der Waals surface area contributed by atoms with Crippen LogP contribution in [0, 0.1) is 0 Å². The molecule has 7 heteroatoms. The summed E-state index contributed by atoms with van der Waals surface area (Å²) in [5.41, 5.74) is 1.90. The zero-order valence-electron chi connectivity index (χ0n) is 13.9. The maximum Gasteiger partial charge on any atom is 0.341 e. The summed E-state index contributed by atoms with van der Waals surface area (Å²) in [6.45, 7) is 2.66. The molecule has 0 bridgehead atoms. The Kier molecular flexibility index (Phi) is 4.99. The Balaban J connectivity index is 1.92. The van der Waals surface area contributed by atoms with E-state index in [0.29, 0.717) is 22.8 Å². The second kappa shape index (κ2) is 7.17. The molecule has 0 atom stereocenters. The molecule has 6 nitrogen and oxygen atoms in total. The number of fused-ring (bicyclic) bond motifs is 1. The zero-order valence-corrected chi connectivity index (χ0v) is 14.7. The number of carbonyl (C=O) groups is 2. The summed E-state index contributed by atoms with van der Waals surface area (Å²) in [6, 6.07) is 1.68. The first-order valence-electron chi connectivity index (χ1n) is 8.21. The van der Waals surface area contributed by atoms with Gasteiger partial charge in [-0.2, -0.15) is 5.10 Å². The van der Waals surface area contributed by atoms with Gasteiger partial charge in [-0.25, -0.2) is 4.79 Å². The van der Waals surface area contributed by atoms with Crippen LogP contribution in [-0.2, 0) is 24.1 Å². The summed E-state index contributed by atoms with van der Waals surface area (Å²) < 4.78 is 6.64. The predicted molar refractivity (Wildman–Crippen MR) is 92.8 cm³/mol. The van der Waals surface area contributed by atoms with Crippen LogP contribution in [0.2, 0.25) is 0 Å². The molecular formula is C17H21N3O3S. The maximum atomic E-state index is 12.5. The molecule has 0 aliphatic heterocycles. The van der Waals surface area contributed by atoms with E-state index in [1.165, 1.54) is 23.3 Å².